The first kappa shape index (κ1) is 13.4. The van der Waals surface area contributed by atoms with E-state index >= 15 is 0 Å². The lowest BCUT2D eigenvalue weighted by atomic mass is 10.2. The normalized spacial score (nSPS) is 13.1. The Morgan fingerprint density at radius 3 is 2.75 bits per heavy atom. The summed E-state index contributed by atoms with van der Waals surface area (Å²) in [5.41, 5.74) is 1.99. The predicted octanol–water partition coefficient (Wildman–Crippen LogP) is 4.38. The highest BCUT2D eigenvalue weighted by molar-refractivity contribution is 6.32. The molecule has 0 atom stereocenters. The zero-order valence-corrected chi connectivity index (χ0v) is 12.2. The van der Waals surface area contributed by atoms with Gasteiger partial charge in [0.25, 0.3) is 0 Å². The summed E-state index contributed by atoms with van der Waals surface area (Å²) >= 11 is 12.1. The van der Waals surface area contributed by atoms with Gasteiger partial charge in [0.05, 0.1) is 5.02 Å². The van der Waals surface area contributed by atoms with Crippen LogP contribution >= 0.6 is 23.2 Å². The smallest absolute Gasteiger partial charge is 0.179 e. The number of hydrogen-bond donors (Lipinski definition) is 1. The Hall–Kier alpha value is -1.58. The Kier molecular flexibility index (Phi) is 3.90. The summed E-state index contributed by atoms with van der Waals surface area (Å²) in [7, 11) is 0. The highest BCUT2D eigenvalue weighted by Gasteiger charge is 2.16. The van der Waals surface area contributed by atoms with Crippen LogP contribution in [0.25, 0.3) is 0 Å². The van der Waals surface area contributed by atoms with Crippen LogP contribution in [0.2, 0.25) is 10.0 Å². The van der Waals surface area contributed by atoms with Gasteiger partial charge in [-0.3, -0.25) is 0 Å². The van der Waals surface area contributed by atoms with E-state index in [0.717, 1.165) is 11.3 Å². The van der Waals surface area contributed by atoms with Gasteiger partial charge < -0.3 is 14.8 Å². The molecule has 1 aliphatic heterocycles. The summed E-state index contributed by atoms with van der Waals surface area (Å²) in [6.45, 7) is 1.72. The topological polar surface area (TPSA) is 30.5 Å². The lowest BCUT2D eigenvalue weighted by molar-refractivity contribution is 0.171. The average Bonchev–Trinajstić information content (AvgIpc) is 2.45. The number of nitrogens with one attached hydrogen (secondary N) is 1. The maximum Gasteiger partial charge on any atom is 0.179 e. The second-order valence-corrected chi connectivity index (χ2v) is 5.31. The molecule has 1 N–H and O–H groups in total. The predicted molar refractivity (Wildman–Crippen MR) is 81.2 cm³/mol. The third kappa shape index (κ3) is 2.94. The number of benzene rings is 2. The molecule has 0 unspecified atom stereocenters. The molecule has 0 saturated heterocycles. The molecule has 2 aromatic carbocycles. The standard InChI is InChI=1S/C15H13Cl2NO2/c16-11-2-1-3-12(8-11)18-9-10-6-13(17)15-14(7-10)19-4-5-20-15/h1-3,6-8,18H,4-5,9H2. The number of fused-ring (bicyclic) bond motifs is 1. The van der Waals surface area contributed by atoms with Crippen LogP contribution in [0.4, 0.5) is 5.69 Å². The molecule has 2 aromatic rings. The third-order valence-electron chi connectivity index (χ3n) is 2.98. The lowest BCUT2D eigenvalue weighted by Crippen LogP contribution is -2.16. The van der Waals surface area contributed by atoms with Gasteiger partial charge in [0, 0.05) is 17.3 Å². The van der Waals surface area contributed by atoms with Crippen LogP contribution in [0, 0.1) is 0 Å². The van der Waals surface area contributed by atoms with Crippen molar-refractivity contribution in [2.75, 3.05) is 18.5 Å². The van der Waals surface area contributed by atoms with E-state index in [1.54, 1.807) is 0 Å². The second kappa shape index (κ2) is 5.81. The van der Waals surface area contributed by atoms with E-state index in [0.29, 0.717) is 41.3 Å². The summed E-state index contributed by atoms with van der Waals surface area (Å²) in [6, 6.07) is 11.4. The molecule has 1 heterocycles. The van der Waals surface area contributed by atoms with E-state index < -0.39 is 0 Å². The number of rotatable bonds is 3. The fraction of sp³-hybridized carbons (Fsp3) is 0.200. The van der Waals surface area contributed by atoms with Gasteiger partial charge in [-0.1, -0.05) is 29.3 Å². The van der Waals surface area contributed by atoms with E-state index in [4.69, 9.17) is 32.7 Å². The van der Waals surface area contributed by atoms with Gasteiger partial charge in [0.15, 0.2) is 11.5 Å². The van der Waals surface area contributed by atoms with Gasteiger partial charge in [0.2, 0.25) is 0 Å². The van der Waals surface area contributed by atoms with Crippen molar-refractivity contribution in [1.29, 1.82) is 0 Å². The molecule has 0 aromatic heterocycles. The van der Waals surface area contributed by atoms with Gasteiger partial charge in [-0.05, 0) is 35.9 Å². The van der Waals surface area contributed by atoms with Gasteiger partial charge in [-0.2, -0.15) is 0 Å². The van der Waals surface area contributed by atoms with E-state index in [1.807, 2.05) is 36.4 Å². The first-order chi connectivity index (χ1) is 9.72. The van der Waals surface area contributed by atoms with Gasteiger partial charge in [-0.25, -0.2) is 0 Å². The molecule has 3 nitrogen and oxygen atoms in total. The van der Waals surface area contributed by atoms with E-state index in [1.165, 1.54) is 0 Å². The summed E-state index contributed by atoms with van der Waals surface area (Å²) in [5.74, 6) is 1.33. The number of ether oxygens (including phenoxy) is 2. The van der Waals surface area contributed by atoms with Crippen LogP contribution in [0.1, 0.15) is 5.56 Å². The average molecular weight is 310 g/mol. The molecule has 0 radical (unpaired) electrons. The van der Waals surface area contributed by atoms with Crippen molar-refractivity contribution in [2.24, 2.45) is 0 Å². The van der Waals surface area contributed by atoms with Crippen molar-refractivity contribution in [1.82, 2.24) is 0 Å². The summed E-state index contributed by atoms with van der Waals surface area (Å²) < 4.78 is 11.1. The van der Waals surface area contributed by atoms with Crippen LogP contribution in [0.15, 0.2) is 36.4 Å². The molecule has 104 valence electrons. The SMILES string of the molecule is Clc1cccc(NCc2cc(Cl)c3c(c2)OCCO3)c1. The highest BCUT2D eigenvalue weighted by Crippen LogP contribution is 2.38. The fourth-order valence-corrected chi connectivity index (χ4v) is 2.55. The van der Waals surface area contributed by atoms with Crippen LogP contribution in [-0.2, 0) is 6.54 Å². The minimum absolute atomic E-state index is 0.535. The Morgan fingerprint density at radius 2 is 1.90 bits per heavy atom. The molecule has 0 bridgehead atoms. The first-order valence-corrected chi connectivity index (χ1v) is 7.05. The fourth-order valence-electron chi connectivity index (χ4n) is 2.07. The highest BCUT2D eigenvalue weighted by atomic mass is 35.5. The molecular weight excluding hydrogens is 297 g/mol. The Morgan fingerprint density at radius 1 is 1.05 bits per heavy atom. The molecule has 0 aliphatic carbocycles. The van der Waals surface area contributed by atoms with Crippen molar-refractivity contribution >= 4 is 28.9 Å². The van der Waals surface area contributed by atoms with E-state index in [-0.39, 0.29) is 0 Å². The van der Waals surface area contributed by atoms with Crippen LogP contribution < -0.4 is 14.8 Å². The maximum absolute atomic E-state index is 6.20. The van der Waals surface area contributed by atoms with Crippen LogP contribution in [0.5, 0.6) is 11.5 Å². The van der Waals surface area contributed by atoms with E-state index in [9.17, 15) is 0 Å². The first-order valence-electron chi connectivity index (χ1n) is 6.30. The molecule has 0 spiro atoms. The van der Waals surface area contributed by atoms with Gasteiger partial charge in [-0.15, -0.1) is 0 Å². The van der Waals surface area contributed by atoms with Crippen molar-refractivity contribution in [3.63, 3.8) is 0 Å². The zero-order valence-electron chi connectivity index (χ0n) is 10.7. The summed E-state index contributed by atoms with van der Waals surface area (Å²) in [4.78, 5) is 0. The quantitative estimate of drug-likeness (QED) is 0.913. The van der Waals surface area contributed by atoms with Crippen molar-refractivity contribution in [2.45, 2.75) is 6.54 Å². The molecular formula is C15H13Cl2NO2. The molecule has 20 heavy (non-hydrogen) atoms. The number of anilines is 1. The van der Waals surface area contributed by atoms with Crippen LogP contribution in [-0.4, -0.2) is 13.2 Å². The van der Waals surface area contributed by atoms with Crippen molar-refractivity contribution in [3.05, 3.63) is 52.0 Å². The molecule has 5 heteroatoms. The van der Waals surface area contributed by atoms with Crippen molar-refractivity contribution < 1.29 is 9.47 Å². The Bertz CT molecular complexity index is 631. The Balaban J connectivity index is 1.76. The second-order valence-electron chi connectivity index (χ2n) is 4.47. The lowest BCUT2D eigenvalue weighted by Gasteiger charge is -2.20. The molecule has 0 amide bonds. The van der Waals surface area contributed by atoms with Gasteiger partial charge in [0.1, 0.15) is 13.2 Å². The minimum Gasteiger partial charge on any atom is -0.486 e. The monoisotopic (exact) mass is 309 g/mol. The van der Waals surface area contributed by atoms with Gasteiger partial charge >= 0.3 is 0 Å². The summed E-state index contributed by atoms with van der Waals surface area (Å²) in [6.07, 6.45) is 0. The third-order valence-corrected chi connectivity index (χ3v) is 3.49. The molecule has 0 saturated carbocycles. The molecule has 3 rings (SSSR count). The molecule has 1 aliphatic rings. The van der Waals surface area contributed by atoms with E-state index in [2.05, 4.69) is 5.32 Å². The van der Waals surface area contributed by atoms with Crippen LogP contribution in [0.3, 0.4) is 0 Å². The maximum atomic E-state index is 6.20. The molecule has 0 fully saturated rings. The largest absolute Gasteiger partial charge is 0.486 e. The zero-order chi connectivity index (χ0) is 13.9. The Labute approximate surface area is 127 Å². The van der Waals surface area contributed by atoms with Crippen molar-refractivity contribution in [3.8, 4) is 11.5 Å². The minimum atomic E-state index is 0.535. The number of hydrogen-bond acceptors (Lipinski definition) is 3. The number of halogens is 2. The summed E-state index contributed by atoms with van der Waals surface area (Å²) in [5, 5.41) is 4.57.